The number of hydrogen-bond donors (Lipinski definition) is 1. The van der Waals surface area contributed by atoms with Gasteiger partial charge in [-0.05, 0) is 82.2 Å². The molecule has 45 heavy (non-hydrogen) atoms. The highest BCUT2D eigenvalue weighted by Crippen LogP contribution is 2.26. The van der Waals surface area contributed by atoms with Crippen molar-refractivity contribution in [3.05, 3.63) is 88.6 Å². The van der Waals surface area contributed by atoms with E-state index in [9.17, 15) is 14.9 Å². The lowest BCUT2D eigenvalue weighted by Crippen LogP contribution is -2.41. The number of aromatic nitrogens is 5. The van der Waals surface area contributed by atoms with Crippen molar-refractivity contribution in [3.63, 3.8) is 0 Å². The number of nitriles is 1. The zero-order valence-electron chi connectivity index (χ0n) is 25.6. The standard InChI is InChI=1S/C34H35N7O4/c1-34(2,3)45-33(43)38-26-10-7-22(8-11-26)21-44-27-18-36-31(37-19-27)25-6-4-5-24(15-25)20-41-30(42)13-14-40-29-16-23(17-35)9-12-28(29)39-32(40)41/h4-6,9,12-16,18-19,22,26H,7-8,10-11,20-21H2,1-3H3,(H,38,43)/t22-,26-. The lowest BCUT2D eigenvalue weighted by molar-refractivity contribution is 0.0483. The third-order valence-electron chi connectivity index (χ3n) is 7.88. The zero-order chi connectivity index (χ0) is 31.6. The molecule has 230 valence electrons. The van der Waals surface area contributed by atoms with Crippen molar-refractivity contribution < 1.29 is 14.3 Å². The van der Waals surface area contributed by atoms with Crippen LogP contribution in [0.25, 0.3) is 28.2 Å². The summed E-state index contributed by atoms with van der Waals surface area (Å²) < 4.78 is 14.8. The van der Waals surface area contributed by atoms with E-state index in [1.165, 1.54) is 6.07 Å². The second-order valence-corrected chi connectivity index (χ2v) is 12.5. The molecule has 0 unspecified atom stereocenters. The summed E-state index contributed by atoms with van der Waals surface area (Å²) in [4.78, 5) is 38.7. The van der Waals surface area contributed by atoms with E-state index >= 15 is 0 Å². The predicted molar refractivity (Wildman–Crippen MR) is 169 cm³/mol. The first-order chi connectivity index (χ1) is 21.6. The van der Waals surface area contributed by atoms with Crippen molar-refractivity contribution in [1.82, 2.24) is 29.2 Å². The quantitative estimate of drug-likeness (QED) is 0.257. The van der Waals surface area contributed by atoms with Gasteiger partial charge in [0, 0.05) is 23.9 Å². The Morgan fingerprint density at radius 2 is 1.84 bits per heavy atom. The van der Waals surface area contributed by atoms with Crippen LogP contribution in [-0.4, -0.2) is 48.3 Å². The van der Waals surface area contributed by atoms with E-state index in [1.54, 1.807) is 41.4 Å². The molecule has 1 aliphatic rings. The Bertz CT molecular complexity index is 1940. The number of alkyl carbamates (subject to hydrolysis) is 1. The van der Waals surface area contributed by atoms with E-state index in [-0.39, 0.29) is 17.7 Å². The number of imidazole rings is 1. The second kappa shape index (κ2) is 12.4. The van der Waals surface area contributed by atoms with E-state index in [4.69, 9.17) is 9.47 Å². The normalized spacial score (nSPS) is 16.8. The molecule has 6 rings (SSSR count). The Hall–Kier alpha value is -5.24. The highest BCUT2D eigenvalue weighted by Gasteiger charge is 2.25. The zero-order valence-corrected chi connectivity index (χ0v) is 25.6. The van der Waals surface area contributed by atoms with Crippen molar-refractivity contribution in [3.8, 4) is 23.2 Å². The Morgan fingerprint density at radius 1 is 1.07 bits per heavy atom. The first-order valence-electron chi connectivity index (χ1n) is 15.1. The molecular formula is C34H35N7O4. The van der Waals surface area contributed by atoms with Crippen LogP contribution in [0.2, 0.25) is 0 Å². The highest BCUT2D eigenvalue weighted by molar-refractivity contribution is 5.81. The van der Waals surface area contributed by atoms with Gasteiger partial charge in [-0.25, -0.2) is 19.7 Å². The molecule has 3 aromatic heterocycles. The van der Waals surface area contributed by atoms with Crippen LogP contribution in [0.15, 0.2) is 71.9 Å². The van der Waals surface area contributed by atoms with Crippen LogP contribution in [-0.2, 0) is 11.3 Å². The maximum atomic E-state index is 12.9. The van der Waals surface area contributed by atoms with Gasteiger partial charge < -0.3 is 14.8 Å². The van der Waals surface area contributed by atoms with Crippen LogP contribution in [0.5, 0.6) is 5.75 Å². The predicted octanol–water partition coefficient (Wildman–Crippen LogP) is 5.49. The Morgan fingerprint density at radius 3 is 2.58 bits per heavy atom. The number of hydrogen-bond acceptors (Lipinski definition) is 8. The molecule has 1 fully saturated rings. The van der Waals surface area contributed by atoms with Gasteiger partial charge in [-0.1, -0.05) is 18.2 Å². The number of nitrogens with zero attached hydrogens (tertiary/aromatic N) is 6. The van der Waals surface area contributed by atoms with E-state index in [2.05, 4.69) is 26.3 Å². The summed E-state index contributed by atoms with van der Waals surface area (Å²) in [5.74, 6) is 2.06. The summed E-state index contributed by atoms with van der Waals surface area (Å²) >= 11 is 0. The average Bonchev–Trinajstić information content (AvgIpc) is 3.39. The molecule has 0 aliphatic heterocycles. The van der Waals surface area contributed by atoms with Gasteiger partial charge in [-0.2, -0.15) is 5.26 Å². The molecule has 1 amide bonds. The van der Waals surface area contributed by atoms with Gasteiger partial charge in [0.1, 0.15) is 5.60 Å². The fourth-order valence-electron chi connectivity index (χ4n) is 5.66. The molecule has 0 spiro atoms. The third-order valence-corrected chi connectivity index (χ3v) is 7.88. The molecule has 2 aromatic carbocycles. The minimum Gasteiger partial charge on any atom is -0.490 e. The van der Waals surface area contributed by atoms with Crippen LogP contribution in [0, 0.1) is 17.2 Å². The van der Waals surface area contributed by atoms with Crippen molar-refractivity contribution in [2.75, 3.05) is 6.61 Å². The maximum absolute atomic E-state index is 12.9. The minimum absolute atomic E-state index is 0.123. The maximum Gasteiger partial charge on any atom is 0.407 e. The molecular weight excluding hydrogens is 570 g/mol. The number of fused-ring (bicyclic) bond motifs is 3. The molecule has 1 saturated carbocycles. The first kappa shape index (κ1) is 29.8. The van der Waals surface area contributed by atoms with E-state index in [0.29, 0.717) is 47.5 Å². The lowest BCUT2D eigenvalue weighted by Gasteiger charge is -2.30. The van der Waals surface area contributed by atoms with Gasteiger partial charge in [0.15, 0.2) is 11.6 Å². The second-order valence-electron chi connectivity index (χ2n) is 12.5. The number of benzene rings is 2. The number of ether oxygens (including phenoxy) is 2. The molecule has 11 heteroatoms. The molecule has 0 radical (unpaired) electrons. The first-order valence-corrected chi connectivity index (χ1v) is 15.1. The smallest absolute Gasteiger partial charge is 0.407 e. The number of nitrogens with one attached hydrogen (secondary N) is 1. The summed E-state index contributed by atoms with van der Waals surface area (Å²) in [5, 5.41) is 12.3. The van der Waals surface area contributed by atoms with Crippen LogP contribution >= 0.6 is 0 Å². The lowest BCUT2D eigenvalue weighted by atomic mass is 9.86. The number of amides is 1. The summed E-state index contributed by atoms with van der Waals surface area (Å²) in [6.45, 7) is 6.45. The van der Waals surface area contributed by atoms with Crippen molar-refractivity contribution in [2.24, 2.45) is 5.92 Å². The van der Waals surface area contributed by atoms with Gasteiger partial charge in [-0.15, -0.1) is 0 Å². The summed E-state index contributed by atoms with van der Waals surface area (Å²) in [5.41, 5.74) is 3.05. The van der Waals surface area contributed by atoms with Gasteiger partial charge in [-0.3, -0.25) is 13.8 Å². The van der Waals surface area contributed by atoms with Gasteiger partial charge >= 0.3 is 6.09 Å². The Kier molecular flexibility index (Phi) is 8.22. The summed E-state index contributed by atoms with van der Waals surface area (Å²) in [7, 11) is 0. The van der Waals surface area contributed by atoms with E-state index in [1.807, 2.05) is 49.4 Å². The van der Waals surface area contributed by atoms with Crippen molar-refractivity contribution >= 4 is 22.9 Å². The molecule has 0 bridgehead atoms. The average molecular weight is 606 g/mol. The molecule has 0 saturated heterocycles. The van der Waals surface area contributed by atoms with E-state index < -0.39 is 5.60 Å². The SMILES string of the molecule is CC(C)(C)OC(=O)N[C@H]1CC[C@H](COc2cnc(-c3cccc(Cn4c(=O)ccn5c6cc(C#N)ccc6nc45)c3)nc2)CC1. The Balaban J connectivity index is 1.08. The Labute approximate surface area is 260 Å². The largest absolute Gasteiger partial charge is 0.490 e. The fourth-order valence-corrected chi connectivity index (χ4v) is 5.66. The van der Waals surface area contributed by atoms with Crippen molar-refractivity contribution in [2.45, 2.75) is 64.6 Å². The van der Waals surface area contributed by atoms with Crippen molar-refractivity contribution in [1.29, 1.82) is 5.26 Å². The molecule has 0 atom stereocenters. The molecule has 5 aromatic rings. The topological polar surface area (TPSA) is 136 Å². The minimum atomic E-state index is -0.506. The van der Waals surface area contributed by atoms with Crippen LogP contribution < -0.4 is 15.6 Å². The summed E-state index contributed by atoms with van der Waals surface area (Å²) in [6.07, 6.45) is 8.38. The number of carbonyl (C=O) groups excluding carboxylic acids is 1. The molecule has 1 N–H and O–H groups in total. The highest BCUT2D eigenvalue weighted by atomic mass is 16.6. The molecule has 11 nitrogen and oxygen atoms in total. The van der Waals surface area contributed by atoms with Crippen LogP contribution in [0.3, 0.4) is 0 Å². The summed E-state index contributed by atoms with van der Waals surface area (Å²) in [6, 6.07) is 16.8. The van der Waals surface area contributed by atoms with Gasteiger partial charge in [0.05, 0.1) is 48.2 Å². The molecule has 1 aliphatic carbocycles. The van der Waals surface area contributed by atoms with Crippen LogP contribution in [0.4, 0.5) is 4.79 Å². The van der Waals surface area contributed by atoms with Crippen LogP contribution in [0.1, 0.15) is 57.6 Å². The van der Waals surface area contributed by atoms with Gasteiger partial charge in [0.2, 0.25) is 5.78 Å². The monoisotopic (exact) mass is 605 g/mol. The van der Waals surface area contributed by atoms with E-state index in [0.717, 1.165) is 42.3 Å². The fraction of sp³-hybridized carbons (Fsp3) is 0.353. The third kappa shape index (κ3) is 6.96. The number of carbonyl (C=O) groups is 1. The van der Waals surface area contributed by atoms with Gasteiger partial charge in [0.25, 0.3) is 5.56 Å². The molecule has 3 heterocycles. The number of rotatable bonds is 7.